The van der Waals surface area contributed by atoms with Gasteiger partial charge in [-0.1, -0.05) is 35.9 Å². The summed E-state index contributed by atoms with van der Waals surface area (Å²) >= 11 is 5.84. The molecule has 132 valence electrons. The van der Waals surface area contributed by atoms with Gasteiger partial charge in [0.25, 0.3) is 0 Å². The van der Waals surface area contributed by atoms with Gasteiger partial charge in [0, 0.05) is 18.6 Å². The molecule has 2 N–H and O–H groups in total. The predicted octanol–water partition coefficient (Wildman–Crippen LogP) is 3.98. The number of rotatable bonds is 3. The fourth-order valence-electron chi connectivity index (χ4n) is 3.45. The monoisotopic (exact) mass is 367 g/mol. The van der Waals surface area contributed by atoms with Crippen molar-refractivity contribution in [3.63, 3.8) is 0 Å². The average Bonchev–Trinajstić information content (AvgIpc) is 3.18. The number of nitrogens with one attached hydrogen (secondary N) is 2. The van der Waals surface area contributed by atoms with E-state index in [0.29, 0.717) is 10.8 Å². The zero-order valence-electron chi connectivity index (χ0n) is 14.0. The fraction of sp³-hybridized carbons (Fsp3) is 0.211. The molecule has 2 aromatic heterocycles. The highest BCUT2D eigenvalue weighted by Crippen LogP contribution is 2.37. The highest BCUT2D eigenvalue weighted by atomic mass is 35.5. The summed E-state index contributed by atoms with van der Waals surface area (Å²) in [7, 11) is 0. The Bertz CT molecular complexity index is 895. The van der Waals surface area contributed by atoms with E-state index >= 15 is 0 Å². The van der Waals surface area contributed by atoms with Gasteiger partial charge in [-0.15, -0.1) is 0 Å². The van der Waals surface area contributed by atoms with E-state index < -0.39 is 0 Å². The molecule has 2 heterocycles. The molecule has 0 radical (unpaired) electrons. The second-order valence-corrected chi connectivity index (χ2v) is 6.69. The number of carbonyl (C=O) groups excluding carboxylic acids is 1. The summed E-state index contributed by atoms with van der Waals surface area (Å²) in [5.74, 6) is 0.454. The zero-order chi connectivity index (χ0) is 17.9. The number of anilines is 1. The molecule has 1 aromatic carbocycles. The van der Waals surface area contributed by atoms with E-state index in [-0.39, 0.29) is 18.1 Å². The van der Waals surface area contributed by atoms with Crippen LogP contribution in [0.4, 0.5) is 10.6 Å². The number of aryl methyl sites for hydroxylation is 1. The fourth-order valence-corrected chi connectivity index (χ4v) is 3.56. The minimum absolute atomic E-state index is 0.108. The van der Waals surface area contributed by atoms with Gasteiger partial charge in [-0.2, -0.15) is 0 Å². The maximum atomic E-state index is 12.6. The highest BCUT2D eigenvalue weighted by Gasteiger charge is 2.31. The van der Waals surface area contributed by atoms with E-state index in [2.05, 4.69) is 37.3 Å². The molecule has 2 amide bonds. The smallest absolute Gasteiger partial charge is 0.320 e. The molecule has 0 unspecified atom stereocenters. The van der Waals surface area contributed by atoms with Crippen molar-refractivity contribution >= 4 is 23.4 Å². The summed E-state index contributed by atoms with van der Waals surface area (Å²) in [6.07, 6.45) is 8.89. The Hall–Kier alpha value is -2.86. The second kappa shape index (κ2) is 7.17. The number of hydrogen-bond donors (Lipinski definition) is 2. The summed E-state index contributed by atoms with van der Waals surface area (Å²) < 4.78 is 2.06. The molecule has 1 aliphatic rings. The van der Waals surface area contributed by atoms with Crippen molar-refractivity contribution in [3.05, 3.63) is 77.5 Å². The van der Waals surface area contributed by atoms with Crippen LogP contribution in [0, 0.1) is 0 Å². The number of urea groups is 1. The van der Waals surface area contributed by atoms with Gasteiger partial charge in [0.2, 0.25) is 0 Å². The van der Waals surface area contributed by atoms with Crippen molar-refractivity contribution in [2.75, 3.05) is 5.32 Å². The number of pyridine rings is 1. The molecule has 3 aromatic rings. The van der Waals surface area contributed by atoms with E-state index in [0.717, 1.165) is 18.4 Å². The second-order valence-electron chi connectivity index (χ2n) is 6.25. The van der Waals surface area contributed by atoms with Crippen LogP contribution < -0.4 is 10.6 Å². The third-order valence-corrected chi connectivity index (χ3v) is 4.87. The van der Waals surface area contributed by atoms with Gasteiger partial charge in [0.15, 0.2) is 0 Å². The van der Waals surface area contributed by atoms with Crippen molar-refractivity contribution in [2.24, 2.45) is 0 Å². The van der Waals surface area contributed by atoms with Gasteiger partial charge in [0.05, 0.1) is 23.4 Å². The maximum Gasteiger partial charge on any atom is 0.320 e. The number of fused-ring (bicyclic) bond motifs is 1. The highest BCUT2D eigenvalue weighted by molar-refractivity contribution is 6.30. The van der Waals surface area contributed by atoms with Crippen molar-refractivity contribution in [2.45, 2.75) is 24.9 Å². The summed E-state index contributed by atoms with van der Waals surface area (Å²) in [5.41, 5.74) is 2.40. The van der Waals surface area contributed by atoms with Crippen LogP contribution in [-0.2, 0) is 6.42 Å². The quantitative estimate of drug-likeness (QED) is 0.735. The van der Waals surface area contributed by atoms with E-state index in [1.165, 1.54) is 11.8 Å². The molecule has 2 atom stereocenters. The van der Waals surface area contributed by atoms with Crippen molar-refractivity contribution in [3.8, 4) is 0 Å². The van der Waals surface area contributed by atoms with Gasteiger partial charge in [-0.3, -0.25) is 5.32 Å². The standard InChI is InChI=1S/C19H18ClN5O/c20-14-6-8-17(22-11-14)23-19(26)24-18-15-4-2-1-3-13(15)5-7-16(18)25-10-9-21-12-25/h1-4,6,8-12,16,18H,5,7H2,(H2,22,23,24,26)/t16-,18+/m1/s1. The Balaban J connectivity index is 1.58. The molecule has 6 nitrogen and oxygen atoms in total. The molecule has 0 fully saturated rings. The van der Waals surface area contributed by atoms with Gasteiger partial charge < -0.3 is 9.88 Å². The number of halogens is 1. The Morgan fingerprint density at radius 3 is 2.88 bits per heavy atom. The third-order valence-electron chi connectivity index (χ3n) is 4.65. The topological polar surface area (TPSA) is 71.8 Å². The average molecular weight is 368 g/mol. The Morgan fingerprint density at radius 1 is 1.23 bits per heavy atom. The number of nitrogens with zero attached hydrogens (tertiary/aromatic N) is 3. The predicted molar refractivity (Wildman–Crippen MR) is 100 cm³/mol. The van der Waals surface area contributed by atoms with Crippen LogP contribution in [0.2, 0.25) is 5.02 Å². The molecular formula is C19H18ClN5O. The zero-order valence-corrected chi connectivity index (χ0v) is 14.7. The Kier molecular flexibility index (Phi) is 4.58. The number of hydrogen-bond acceptors (Lipinski definition) is 3. The van der Waals surface area contributed by atoms with Gasteiger partial charge in [0.1, 0.15) is 5.82 Å². The molecule has 0 saturated carbocycles. The third kappa shape index (κ3) is 3.41. The number of carbonyl (C=O) groups is 1. The number of imidazole rings is 1. The molecule has 7 heteroatoms. The van der Waals surface area contributed by atoms with Gasteiger partial charge >= 0.3 is 6.03 Å². The number of benzene rings is 1. The Morgan fingerprint density at radius 2 is 2.12 bits per heavy atom. The Labute approximate surface area is 156 Å². The molecule has 0 aliphatic heterocycles. The van der Waals surface area contributed by atoms with Crippen LogP contribution in [0.1, 0.15) is 29.6 Å². The summed E-state index contributed by atoms with van der Waals surface area (Å²) in [5, 5.41) is 6.40. The summed E-state index contributed by atoms with van der Waals surface area (Å²) in [4.78, 5) is 20.8. The molecule has 26 heavy (non-hydrogen) atoms. The lowest BCUT2D eigenvalue weighted by atomic mass is 9.84. The minimum Gasteiger partial charge on any atom is -0.332 e. The van der Waals surface area contributed by atoms with Gasteiger partial charge in [-0.05, 0) is 36.1 Å². The SMILES string of the molecule is O=C(Nc1ccc(Cl)cn1)N[C@H]1c2ccccc2CC[C@H]1n1ccnc1. The molecule has 0 bridgehead atoms. The number of amides is 2. The lowest BCUT2D eigenvalue weighted by molar-refractivity contribution is 0.239. The van der Waals surface area contributed by atoms with Crippen molar-refractivity contribution in [1.29, 1.82) is 0 Å². The van der Waals surface area contributed by atoms with Gasteiger partial charge in [-0.25, -0.2) is 14.8 Å². The summed E-state index contributed by atoms with van der Waals surface area (Å²) in [6, 6.07) is 11.2. The van der Waals surface area contributed by atoms with E-state index in [1.807, 2.05) is 18.3 Å². The van der Waals surface area contributed by atoms with Crippen LogP contribution in [0.5, 0.6) is 0 Å². The van der Waals surface area contributed by atoms with Crippen LogP contribution in [0.3, 0.4) is 0 Å². The van der Waals surface area contributed by atoms with E-state index in [1.54, 1.807) is 24.7 Å². The largest absolute Gasteiger partial charge is 0.332 e. The molecule has 1 aliphatic carbocycles. The minimum atomic E-state index is -0.299. The maximum absolute atomic E-state index is 12.6. The normalized spacial score (nSPS) is 18.8. The van der Waals surface area contributed by atoms with Crippen LogP contribution in [-0.4, -0.2) is 20.6 Å². The van der Waals surface area contributed by atoms with Crippen LogP contribution >= 0.6 is 11.6 Å². The van der Waals surface area contributed by atoms with Crippen LogP contribution in [0.25, 0.3) is 0 Å². The molecule has 0 saturated heterocycles. The summed E-state index contributed by atoms with van der Waals surface area (Å²) in [6.45, 7) is 0. The molecule has 0 spiro atoms. The van der Waals surface area contributed by atoms with Crippen molar-refractivity contribution < 1.29 is 4.79 Å². The first-order valence-electron chi connectivity index (χ1n) is 8.45. The lowest BCUT2D eigenvalue weighted by Crippen LogP contribution is -2.39. The van der Waals surface area contributed by atoms with Crippen molar-refractivity contribution in [1.82, 2.24) is 19.9 Å². The first kappa shape index (κ1) is 16.6. The molecular weight excluding hydrogens is 350 g/mol. The lowest BCUT2D eigenvalue weighted by Gasteiger charge is -2.34. The molecule has 4 rings (SSSR count). The first-order chi connectivity index (χ1) is 12.7. The number of aromatic nitrogens is 3. The van der Waals surface area contributed by atoms with E-state index in [9.17, 15) is 4.79 Å². The van der Waals surface area contributed by atoms with E-state index in [4.69, 9.17) is 11.6 Å². The van der Waals surface area contributed by atoms with Crippen LogP contribution in [0.15, 0.2) is 61.3 Å². The first-order valence-corrected chi connectivity index (χ1v) is 8.83.